The van der Waals surface area contributed by atoms with Crippen LogP contribution in [0.2, 0.25) is 0 Å². The van der Waals surface area contributed by atoms with Crippen molar-refractivity contribution in [3.63, 3.8) is 0 Å². The quantitative estimate of drug-likeness (QED) is 0.0221. The van der Waals surface area contributed by atoms with Crippen LogP contribution in [0.3, 0.4) is 0 Å². The highest BCUT2D eigenvalue weighted by atomic mass is 16.5. The van der Waals surface area contributed by atoms with E-state index in [2.05, 4.69) is 125 Å². The van der Waals surface area contributed by atoms with E-state index >= 15 is 0 Å². The number of aliphatic hydroxyl groups is 4. The lowest BCUT2D eigenvalue weighted by atomic mass is 10.1. The molecule has 4 aromatic carbocycles. The molecular formula is C72H118N8O14. The van der Waals surface area contributed by atoms with Crippen LogP contribution in [-0.4, -0.2) is 189 Å². The number of nitrogens with two attached hydrogens (primary N) is 1. The number of esters is 2. The Morgan fingerprint density at radius 2 is 0.840 bits per heavy atom. The Bertz CT molecular complexity index is 2570. The van der Waals surface area contributed by atoms with Crippen LogP contribution >= 0.6 is 0 Å². The average Bonchev–Trinajstić information content (AvgIpc) is 1.15. The van der Waals surface area contributed by atoms with Gasteiger partial charge in [-0.25, -0.2) is 0 Å². The summed E-state index contributed by atoms with van der Waals surface area (Å²) in [7, 11) is 7.20. The molecule has 0 saturated carbocycles. The van der Waals surface area contributed by atoms with Crippen molar-refractivity contribution in [3.8, 4) is 0 Å². The number of carbonyl (C=O) groups is 6. The highest BCUT2D eigenvalue weighted by Crippen LogP contribution is 2.15. The van der Waals surface area contributed by atoms with Gasteiger partial charge in [-0.2, -0.15) is 0 Å². The number of benzene rings is 4. The number of unbranched alkanes of at least 4 members (excludes halogenated alkanes) is 4. The molecule has 530 valence electrons. The zero-order valence-electron chi connectivity index (χ0n) is 58.2. The molecular weight excluding hydrogens is 1200 g/mol. The highest BCUT2D eigenvalue weighted by molar-refractivity contribution is 5.80. The van der Waals surface area contributed by atoms with Crippen LogP contribution in [0.4, 0.5) is 0 Å². The summed E-state index contributed by atoms with van der Waals surface area (Å²) < 4.78 is 9.55. The number of aryl methyl sites for hydroxylation is 4. The van der Waals surface area contributed by atoms with Crippen LogP contribution < -0.4 is 37.0 Å². The first-order valence-corrected chi connectivity index (χ1v) is 33.4. The second-order valence-electron chi connectivity index (χ2n) is 23.0. The third-order valence-electron chi connectivity index (χ3n) is 14.4. The summed E-state index contributed by atoms with van der Waals surface area (Å²) in [5.41, 5.74) is 9.81. The molecule has 4 atom stereocenters. The van der Waals surface area contributed by atoms with E-state index in [1.165, 1.54) is 52.1 Å². The zero-order chi connectivity index (χ0) is 70.3. The number of nitrogens with one attached hydrogen (secondary N) is 5. The third-order valence-corrected chi connectivity index (χ3v) is 14.4. The lowest BCUT2D eigenvalue weighted by Gasteiger charge is -2.26. The summed E-state index contributed by atoms with van der Waals surface area (Å²) in [6, 6.07) is 33.3. The van der Waals surface area contributed by atoms with E-state index in [1.54, 1.807) is 19.0 Å². The van der Waals surface area contributed by atoms with Crippen LogP contribution in [0.1, 0.15) is 150 Å². The number of carboxylic acids is 2. The van der Waals surface area contributed by atoms with Crippen molar-refractivity contribution in [2.75, 3.05) is 93.8 Å². The minimum atomic E-state index is -1.03. The minimum absolute atomic E-state index is 0.0412. The average molecular weight is 1320 g/mol. The number of aliphatic hydroxyl groups excluding tert-OH is 4. The number of aliphatic carboxylic acids is 2. The molecule has 0 fully saturated rings. The van der Waals surface area contributed by atoms with E-state index < -0.39 is 24.1 Å². The largest absolute Gasteiger partial charge is 0.550 e. The molecule has 0 radical (unpaired) electrons. The molecule has 0 aromatic heterocycles. The molecule has 2 amide bonds. The van der Waals surface area contributed by atoms with Crippen molar-refractivity contribution < 1.29 is 74.2 Å². The van der Waals surface area contributed by atoms with Crippen LogP contribution in [0.15, 0.2) is 97.1 Å². The molecule has 4 aromatic rings. The van der Waals surface area contributed by atoms with Crippen LogP contribution in [-0.2, 0) is 90.1 Å². The number of ether oxygens (including phenoxy) is 2. The van der Waals surface area contributed by atoms with Crippen molar-refractivity contribution in [1.29, 1.82) is 0 Å². The Balaban J connectivity index is 0.00000118. The van der Waals surface area contributed by atoms with Gasteiger partial charge in [0.15, 0.2) is 0 Å². The molecule has 0 aliphatic rings. The maximum absolute atomic E-state index is 12.7. The van der Waals surface area contributed by atoms with E-state index in [9.17, 15) is 54.3 Å². The van der Waals surface area contributed by atoms with E-state index in [4.69, 9.17) is 9.84 Å². The zero-order valence-corrected chi connectivity index (χ0v) is 58.2. The molecule has 4 unspecified atom stereocenters. The maximum Gasteiger partial charge on any atom is 0.303 e. The molecule has 0 heterocycles. The molecule has 0 bridgehead atoms. The van der Waals surface area contributed by atoms with E-state index in [0.29, 0.717) is 84.8 Å². The third kappa shape index (κ3) is 48.1. The summed E-state index contributed by atoms with van der Waals surface area (Å²) in [4.78, 5) is 69.8. The fourth-order valence-corrected chi connectivity index (χ4v) is 9.41. The number of nitrogens with zero attached hydrogens (tertiary/aromatic N) is 2. The number of likely N-dealkylation sites (N-methyl/N-ethyl adjacent to an activating group) is 4. The number of rotatable bonds is 43. The Labute approximate surface area is 561 Å². The molecule has 0 aliphatic carbocycles. The highest BCUT2D eigenvalue weighted by Gasteiger charge is 2.20. The van der Waals surface area contributed by atoms with Gasteiger partial charge in [0.05, 0.1) is 37.9 Å². The lowest BCUT2D eigenvalue weighted by molar-refractivity contribution is -0.676. The van der Waals surface area contributed by atoms with E-state index in [-0.39, 0.29) is 61.8 Å². The van der Waals surface area contributed by atoms with Gasteiger partial charge in [-0.1, -0.05) is 125 Å². The van der Waals surface area contributed by atoms with Crippen molar-refractivity contribution in [3.05, 3.63) is 142 Å². The second kappa shape index (κ2) is 56.6. The van der Waals surface area contributed by atoms with Crippen molar-refractivity contribution in [1.82, 2.24) is 36.4 Å². The Morgan fingerprint density at radius 1 is 0.468 bits per heavy atom. The van der Waals surface area contributed by atoms with Crippen LogP contribution in [0, 0.1) is 0 Å². The second-order valence-corrected chi connectivity index (χ2v) is 23.0. The number of quaternary nitrogens is 1. The minimum Gasteiger partial charge on any atom is -0.550 e. The summed E-state index contributed by atoms with van der Waals surface area (Å²) in [6.45, 7) is 18.6. The van der Waals surface area contributed by atoms with Crippen LogP contribution in [0.5, 0.6) is 0 Å². The monoisotopic (exact) mass is 1320 g/mol. The first-order valence-electron chi connectivity index (χ1n) is 33.4. The molecule has 0 aliphatic heterocycles. The summed E-state index contributed by atoms with van der Waals surface area (Å²) in [6.07, 6.45) is 6.76. The first kappa shape index (κ1) is 87.3. The molecule has 22 heteroatoms. The molecule has 0 saturated heterocycles. The van der Waals surface area contributed by atoms with E-state index in [0.717, 1.165) is 82.1 Å². The topological polar surface area (TPSA) is 328 Å². The van der Waals surface area contributed by atoms with Gasteiger partial charge in [0.2, 0.25) is 11.8 Å². The molecule has 4 rings (SSSR count). The smallest absolute Gasteiger partial charge is 0.303 e. The lowest BCUT2D eigenvalue weighted by Crippen LogP contribution is -2.85. The Kier molecular flexibility index (Phi) is 52.6. The summed E-state index contributed by atoms with van der Waals surface area (Å²) in [5.74, 6) is -2.81. The fraction of sp³-hybridized carbons (Fsp3) is 0.583. The molecule has 12 N–H and O–H groups in total. The van der Waals surface area contributed by atoms with Gasteiger partial charge in [0.1, 0.15) is 19.2 Å². The number of carbonyl (C=O) groups excluding carboxylic acids is 5. The van der Waals surface area contributed by atoms with Crippen molar-refractivity contribution >= 4 is 35.7 Å². The van der Waals surface area contributed by atoms with Gasteiger partial charge >= 0.3 is 17.9 Å². The van der Waals surface area contributed by atoms with Gasteiger partial charge in [-0.3, -0.25) is 24.0 Å². The maximum atomic E-state index is 12.7. The number of hydrogen-bond acceptors (Lipinski definition) is 18. The molecule has 0 spiro atoms. The predicted molar refractivity (Wildman–Crippen MR) is 368 cm³/mol. The van der Waals surface area contributed by atoms with Gasteiger partial charge < -0.3 is 86.6 Å². The molecule has 22 nitrogen and oxygen atoms in total. The normalized spacial score (nSPS) is 11.9. The Hall–Kier alpha value is -6.70. The van der Waals surface area contributed by atoms with Gasteiger partial charge in [-0.15, -0.1) is 0 Å². The standard InChI is InChI=1S/C21H34N2O4.C17H26N2O4.2C13H22N2O.C8H14O4/c1-4-18-9-8-10-19(13-18)15-23(16-20(25)14-22-3)21(26)11-6-5-7-12-27-17(2)24;1-3-13-5-4-6-14(9-13)11-19(12-15(20)10-18-2)16(21)7-8-17(22)23;2*1-3-11-5-4-6-12(7-11)8-15-10-13(16)9-14-2;1-7(9)12-6-4-2-3-5-8(10)11/h8-10,13,20,22,25H,4-7,11-12,14-16H2,1-3H3;4-6,9,15,18,20H,3,7-8,10-12H2,1-2H3,(H,22,23);2*4-7,13-16H,3,8-10H2,1-2H3;2-6H2,1H3,(H,10,11). The van der Waals surface area contributed by atoms with Gasteiger partial charge in [0.25, 0.3) is 0 Å². The summed E-state index contributed by atoms with van der Waals surface area (Å²) in [5, 5.41) is 74.9. The Morgan fingerprint density at radius 3 is 1.26 bits per heavy atom. The summed E-state index contributed by atoms with van der Waals surface area (Å²) >= 11 is 0. The number of hydrogen-bond donors (Lipinski definition) is 11. The van der Waals surface area contributed by atoms with Crippen molar-refractivity contribution in [2.24, 2.45) is 0 Å². The van der Waals surface area contributed by atoms with Crippen LogP contribution in [0.25, 0.3) is 0 Å². The van der Waals surface area contributed by atoms with Gasteiger partial charge in [-0.05, 0) is 138 Å². The van der Waals surface area contributed by atoms with Crippen molar-refractivity contribution in [2.45, 2.75) is 182 Å². The predicted octanol–water partition coefficient (Wildman–Crippen LogP) is 3.98. The SMILES string of the molecule is CC(=O)OCCCCCC(=O)[O-].CCc1cccc(CN(CC(O)CNC)C(=O)CCC(=O)O)c1.CCc1cccc(CN(CC(O)CNC)C(=O)CCCCCOC(C)=O)c1.CCc1cccc(CNCC(O)CNC)c1.CCc1cccc(C[NH2+]CC(O)CNC)c1. The molecule has 94 heavy (non-hydrogen) atoms. The number of amides is 2. The number of carboxylic acid groups (broad SMARTS) is 2. The van der Waals surface area contributed by atoms with E-state index in [1.807, 2.05) is 50.5 Å². The first-order chi connectivity index (χ1) is 45.1. The van der Waals surface area contributed by atoms with Gasteiger partial charge in [0, 0.05) is 104 Å². The fourth-order valence-electron chi connectivity index (χ4n) is 9.41.